The molecule has 0 N–H and O–H groups in total. The highest BCUT2D eigenvalue weighted by Crippen LogP contribution is 2.38. The van der Waals surface area contributed by atoms with Gasteiger partial charge in [-0.25, -0.2) is 0 Å². The number of halogens is 1. The van der Waals surface area contributed by atoms with E-state index in [0.29, 0.717) is 0 Å². The summed E-state index contributed by atoms with van der Waals surface area (Å²) in [5.41, 5.74) is 4.64. The molecule has 0 heterocycles. The van der Waals surface area contributed by atoms with Gasteiger partial charge in [-0.2, -0.15) is 0 Å². The van der Waals surface area contributed by atoms with E-state index in [1.54, 1.807) is 0 Å². The average Bonchev–Trinajstić information content (AvgIpc) is 2.70. The molecular weight excluding hydrogens is 458 g/mol. The highest BCUT2D eigenvalue weighted by Gasteiger charge is 2.30. The maximum atomic E-state index is 2.54. The van der Waals surface area contributed by atoms with Crippen LogP contribution in [0.2, 0.25) is 0 Å². The van der Waals surface area contributed by atoms with Crippen molar-refractivity contribution in [2.75, 3.05) is 6.16 Å². The standard InChI is InChI=1S/C25H28IP/c26-27-18-10-17-25(19-22-11-4-1-5-12-22,20-23-13-6-2-7-14-23)21-24-15-8-3-9-16-24/h1-9,11-16,27H,10,17-21H2. The van der Waals surface area contributed by atoms with Crippen LogP contribution in [0.25, 0.3) is 0 Å². The second kappa shape index (κ2) is 11.0. The van der Waals surface area contributed by atoms with Crippen molar-refractivity contribution in [3.8, 4) is 0 Å². The first-order valence-electron chi connectivity index (χ1n) is 9.75. The molecule has 0 amide bonds. The first-order valence-corrected chi connectivity index (χ1v) is 14.1. The second-order valence-electron chi connectivity index (χ2n) is 7.47. The zero-order valence-electron chi connectivity index (χ0n) is 15.8. The Hall–Kier alpha value is -1.18. The van der Waals surface area contributed by atoms with Gasteiger partial charge in [-0.15, -0.1) is 0 Å². The Balaban J connectivity index is 1.93. The lowest BCUT2D eigenvalue weighted by molar-refractivity contribution is 0.252. The number of benzene rings is 3. The molecule has 2 heteroatoms. The normalized spacial score (nSPS) is 11.9. The Morgan fingerprint density at radius 3 is 1.30 bits per heavy atom. The third-order valence-corrected chi connectivity index (χ3v) is 7.40. The van der Waals surface area contributed by atoms with Crippen LogP contribution < -0.4 is 0 Å². The molecule has 0 aliphatic carbocycles. The number of hydrogen-bond donors (Lipinski definition) is 0. The minimum absolute atomic E-state index is 0.264. The van der Waals surface area contributed by atoms with Crippen LogP contribution >= 0.6 is 28.3 Å². The van der Waals surface area contributed by atoms with Crippen LogP contribution in [0.4, 0.5) is 0 Å². The van der Waals surface area contributed by atoms with Gasteiger partial charge in [-0.1, -0.05) is 119 Å². The van der Waals surface area contributed by atoms with Crippen LogP contribution in [0.5, 0.6) is 0 Å². The van der Waals surface area contributed by atoms with Crippen molar-refractivity contribution in [3.05, 3.63) is 108 Å². The summed E-state index contributed by atoms with van der Waals surface area (Å²) >= 11 is 2.54. The molecule has 0 aliphatic rings. The van der Waals surface area contributed by atoms with E-state index in [-0.39, 0.29) is 5.41 Å². The molecule has 27 heavy (non-hydrogen) atoms. The van der Waals surface area contributed by atoms with Crippen molar-refractivity contribution in [1.82, 2.24) is 0 Å². The monoisotopic (exact) mass is 486 g/mol. The highest BCUT2D eigenvalue weighted by atomic mass is 127. The maximum Gasteiger partial charge on any atom is -0.0176 e. The van der Waals surface area contributed by atoms with Crippen LogP contribution in [0.1, 0.15) is 29.5 Å². The highest BCUT2D eigenvalue weighted by molar-refractivity contribution is 14.2. The minimum Gasteiger partial charge on any atom is -0.0622 e. The smallest absolute Gasteiger partial charge is 0.0176 e. The van der Waals surface area contributed by atoms with Gasteiger partial charge in [0.2, 0.25) is 0 Å². The first kappa shape index (κ1) is 20.6. The molecule has 0 nitrogen and oxygen atoms in total. The van der Waals surface area contributed by atoms with E-state index >= 15 is 0 Å². The summed E-state index contributed by atoms with van der Waals surface area (Å²) in [4.78, 5) is 0. The van der Waals surface area contributed by atoms with Crippen molar-refractivity contribution >= 4 is 28.3 Å². The molecule has 3 aromatic rings. The molecule has 0 radical (unpaired) electrons. The van der Waals surface area contributed by atoms with Gasteiger partial charge in [0.1, 0.15) is 0 Å². The lowest BCUT2D eigenvalue weighted by Gasteiger charge is -2.35. The molecule has 0 fully saturated rings. The summed E-state index contributed by atoms with van der Waals surface area (Å²) < 4.78 is 0. The molecule has 0 aliphatic heterocycles. The third kappa shape index (κ3) is 6.73. The average molecular weight is 486 g/mol. The van der Waals surface area contributed by atoms with Crippen molar-refractivity contribution < 1.29 is 0 Å². The van der Waals surface area contributed by atoms with Crippen LogP contribution in [0, 0.1) is 5.41 Å². The van der Waals surface area contributed by atoms with E-state index in [2.05, 4.69) is 113 Å². The Bertz CT molecular complexity index is 670. The van der Waals surface area contributed by atoms with Crippen molar-refractivity contribution in [1.29, 1.82) is 0 Å². The van der Waals surface area contributed by atoms with Gasteiger partial charge in [0.15, 0.2) is 0 Å². The van der Waals surface area contributed by atoms with Gasteiger partial charge in [-0.3, -0.25) is 0 Å². The van der Waals surface area contributed by atoms with E-state index in [4.69, 9.17) is 0 Å². The molecular formula is C25H28IP. The van der Waals surface area contributed by atoms with Crippen LogP contribution in [0.15, 0.2) is 91.0 Å². The summed E-state index contributed by atoms with van der Waals surface area (Å²) in [5.74, 6) is 0. The molecule has 1 atom stereocenters. The summed E-state index contributed by atoms with van der Waals surface area (Å²) in [6.45, 7) is 0. The molecule has 3 aromatic carbocycles. The van der Waals surface area contributed by atoms with Crippen LogP contribution in [0.3, 0.4) is 0 Å². The van der Waals surface area contributed by atoms with Gasteiger partial charge in [0, 0.05) is 0 Å². The summed E-state index contributed by atoms with van der Waals surface area (Å²) in [6.07, 6.45) is 8.37. The van der Waals surface area contributed by atoms with Gasteiger partial charge in [-0.05, 0) is 60.4 Å². The Morgan fingerprint density at radius 2 is 0.963 bits per heavy atom. The lowest BCUT2D eigenvalue weighted by Crippen LogP contribution is -2.30. The van der Waals surface area contributed by atoms with Gasteiger partial charge >= 0.3 is 0 Å². The van der Waals surface area contributed by atoms with Crippen molar-refractivity contribution in [2.45, 2.75) is 32.1 Å². The van der Waals surface area contributed by atoms with Crippen LogP contribution in [-0.4, -0.2) is 6.16 Å². The van der Waals surface area contributed by atoms with E-state index in [1.165, 1.54) is 35.7 Å². The summed E-state index contributed by atoms with van der Waals surface area (Å²) in [7, 11) is 0. The third-order valence-electron chi connectivity index (χ3n) is 5.24. The molecule has 0 spiro atoms. The predicted octanol–water partition coefficient (Wildman–Crippen LogP) is 7.51. The quantitative estimate of drug-likeness (QED) is 0.158. The minimum atomic E-state index is 0.264. The molecule has 0 aromatic heterocycles. The Morgan fingerprint density at radius 1 is 0.593 bits per heavy atom. The first-order chi connectivity index (χ1) is 13.3. The van der Waals surface area contributed by atoms with Crippen molar-refractivity contribution in [2.24, 2.45) is 5.41 Å². The second-order valence-corrected chi connectivity index (χ2v) is 10.5. The molecule has 1 unspecified atom stereocenters. The Labute approximate surface area is 179 Å². The fourth-order valence-electron chi connectivity index (χ4n) is 4.07. The molecule has 0 bridgehead atoms. The zero-order valence-corrected chi connectivity index (χ0v) is 18.9. The number of rotatable bonds is 10. The lowest BCUT2D eigenvalue weighted by atomic mass is 9.69. The van der Waals surface area contributed by atoms with Crippen molar-refractivity contribution in [3.63, 3.8) is 0 Å². The SMILES string of the molecule is IPCCCC(Cc1ccccc1)(Cc1ccccc1)Cc1ccccc1. The largest absolute Gasteiger partial charge is 0.0622 e. The molecule has 3 rings (SSSR count). The van der Waals surface area contributed by atoms with E-state index in [9.17, 15) is 0 Å². The summed E-state index contributed by atoms with van der Waals surface area (Å²) in [5, 5.41) is 0. The zero-order chi connectivity index (χ0) is 18.8. The molecule has 0 saturated heterocycles. The molecule has 0 saturated carbocycles. The number of hydrogen-bond acceptors (Lipinski definition) is 0. The van der Waals surface area contributed by atoms with E-state index < -0.39 is 0 Å². The topological polar surface area (TPSA) is 0 Å². The van der Waals surface area contributed by atoms with Crippen LogP contribution in [-0.2, 0) is 19.3 Å². The van der Waals surface area contributed by atoms with Gasteiger partial charge in [0.05, 0.1) is 0 Å². The fourth-order valence-corrected chi connectivity index (χ4v) is 5.52. The van der Waals surface area contributed by atoms with Gasteiger partial charge in [0.25, 0.3) is 0 Å². The van der Waals surface area contributed by atoms with E-state index in [0.717, 1.165) is 25.5 Å². The molecule has 140 valence electrons. The van der Waals surface area contributed by atoms with Gasteiger partial charge < -0.3 is 0 Å². The van der Waals surface area contributed by atoms with E-state index in [1.807, 2.05) is 0 Å². The Kier molecular flexibility index (Phi) is 8.35. The fraction of sp³-hybridized carbons (Fsp3) is 0.280. The maximum absolute atomic E-state index is 2.54. The summed E-state index contributed by atoms with van der Waals surface area (Å²) in [6, 6.07) is 33.2. The predicted molar refractivity (Wildman–Crippen MR) is 129 cm³/mol.